The van der Waals surface area contributed by atoms with Crippen LogP contribution in [0.4, 0.5) is 5.69 Å². The molecule has 2 fully saturated rings. The number of anilines is 1. The molecule has 1 aliphatic carbocycles. The quantitative estimate of drug-likeness (QED) is 0.184. The van der Waals surface area contributed by atoms with Crippen molar-refractivity contribution in [2.24, 2.45) is 5.41 Å². The van der Waals surface area contributed by atoms with E-state index in [4.69, 9.17) is 9.47 Å². The smallest absolute Gasteiger partial charge is 0.316 e. The van der Waals surface area contributed by atoms with Gasteiger partial charge in [0.2, 0.25) is 5.75 Å². The number of thioether (sulfide) groups is 1. The van der Waals surface area contributed by atoms with E-state index in [0.29, 0.717) is 19.0 Å². The van der Waals surface area contributed by atoms with Gasteiger partial charge in [-0.05, 0) is 50.1 Å². The van der Waals surface area contributed by atoms with Crippen LogP contribution < -0.4 is 19.9 Å². The molecule has 9 heteroatoms. The summed E-state index contributed by atoms with van der Waals surface area (Å²) in [6.45, 7) is 8.91. The lowest BCUT2D eigenvalue weighted by atomic mass is 10.2. The average Bonchev–Trinajstić information content (AvgIpc) is 3.66. The van der Waals surface area contributed by atoms with Crippen LogP contribution in [0.5, 0.6) is 11.5 Å². The molecule has 37 heavy (non-hydrogen) atoms. The van der Waals surface area contributed by atoms with Gasteiger partial charge in [0, 0.05) is 36.5 Å². The van der Waals surface area contributed by atoms with Crippen LogP contribution in [0.2, 0.25) is 0 Å². The normalized spacial score (nSPS) is 17.0. The fraction of sp³-hybridized carbons (Fsp3) is 0.429. The molecular formula is C28H34N4O3S2. The summed E-state index contributed by atoms with van der Waals surface area (Å²) in [5.74, 6) is 1.33. The average molecular weight is 539 g/mol. The van der Waals surface area contributed by atoms with E-state index >= 15 is 0 Å². The van der Waals surface area contributed by atoms with E-state index < -0.39 is 0 Å². The Hall–Kier alpha value is -2.62. The summed E-state index contributed by atoms with van der Waals surface area (Å²) in [7, 11) is 0. The van der Waals surface area contributed by atoms with Crippen LogP contribution in [0.25, 0.3) is 5.69 Å². The molecule has 1 aromatic heterocycles. The summed E-state index contributed by atoms with van der Waals surface area (Å²) >= 11 is 3.68. The van der Waals surface area contributed by atoms with Crippen LogP contribution in [0.15, 0.2) is 70.5 Å². The van der Waals surface area contributed by atoms with Crippen molar-refractivity contribution in [1.29, 1.82) is 0 Å². The first kappa shape index (κ1) is 26.0. The fourth-order valence-corrected chi connectivity index (χ4v) is 6.34. The molecule has 1 saturated carbocycles. The van der Waals surface area contributed by atoms with Crippen LogP contribution in [-0.4, -0.2) is 58.6 Å². The third-order valence-corrected chi connectivity index (χ3v) is 8.95. The summed E-state index contributed by atoms with van der Waals surface area (Å²) < 4.78 is 15.7. The number of rotatable bonds is 11. The lowest BCUT2D eigenvalue weighted by Gasteiger charge is -2.35. The molecule has 0 spiro atoms. The molecular weight excluding hydrogens is 504 g/mol. The zero-order valence-corrected chi connectivity index (χ0v) is 23.1. The second kappa shape index (κ2) is 11.8. The topological polar surface area (TPSA) is 59.8 Å². The summed E-state index contributed by atoms with van der Waals surface area (Å²) in [6.07, 6.45) is 4.08. The zero-order chi connectivity index (χ0) is 25.7. The molecule has 2 aromatic carbocycles. The molecule has 5 rings (SSSR count). The number of para-hydroxylation sites is 1. The van der Waals surface area contributed by atoms with Gasteiger partial charge in [-0.2, -0.15) is 9.78 Å². The summed E-state index contributed by atoms with van der Waals surface area (Å²) in [5, 5.41) is 5.46. The van der Waals surface area contributed by atoms with Crippen LogP contribution in [0.1, 0.15) is 26.7 Å². The third kappa shape index (κ3) is 6.64. The van der Waals surface area contributed by atoms with Crippen molar-refractivity contribution in [3.63, 3.8) is 0 Å². The van der Waals surface area contributed by atoms with Gasteiger partial charge in [0.15, 0.2) is 0 Å². The van der Waals surface area contributed by atoms with Crippen molar-refractivity contribution >= 4 is 29.4 Å². The van der Waals surface area contributed by atoms with E-state index in [1.165, 1.54) is 9.58 Å². The van der Waals surface area contributed by atoms with Gasteiger partial charge in [0.25, 0.3) is 0 Å². The SMILES string of the molecule is CCOc1cccc(SCSN2CCN(c3cnn(-c4ccccc4)c(=O)c3OCC3(C)CC3)CC2)c1. The highest BCUT2D eigenvalue weighted by atomic mass is 32.2. The lowest BCUT2D eigenvalue weighted by molar-refractivity contribution is 0.243. The highest BCUT2D eigenvalue weighted by Crippen LogP contribution is 2.45. The van der Waals surface area contributed by atoms with Crippen LogP contribution in [0, 0.1) is 5.41 Å². The minimum absolute atomic E-state index is 0.180. The molecule has 0 N–H and O–H groups in total. The van der Waals surface area contributed by atoms with E-state index in [0.717, 1.165) is 61.2 Å². The summed E-state index contributed by atoms with van der Waals surface area (Å²) in [6, 6.07) is 17.8. The molecule has 3 aromatic rings. The number of hydrogen-bond donors (Lipinski definition) is 0. The predicted octanol–water partition coefficient (Wildman–Crippen LogP) is 5.33. The van der Waals surface area contributed by atoms with Gasteiger partial charge in [-0.1, -0.05) is 43.1 Å². The van der Waals surface area contributed by atoms with Crippen molar-refractivity contribution in [1.82, 2.24) is 14.1 Å². The Bertz CT molecular complexity index is 1240. The second-order valence-corrected chi connectivity index (χ2v) is 12.2. The van der Waals surface area contributed by atoms with E-state index in [2.05, 4.69) is 33.4 Å². The fourth-order valence-electron chi connectivity index (χ4n) is 4.19. The van der Waals surface area contributed by atoms with Gasteiger partial charge in [-0.25, -0.2) is 4.31 Å². The highest BCUT2D eigenvalue weighted by Gasteiger charge is 2.39. The molecule has 1 saturated heterocycles. The second-order valence-electron chi connectivity index (χ2n) is 9.73. The molecule has 7 nitrogen and oxygen atoms in total. The lowest BCUT2D eigenvalue weighted by Crippen LogP contribution is -2.44. The molecule has 0 radical (unpaired) electrons. The van der Waals surface area contributed by atoms with Gasteiger partial charge >= 0.3 is 5.56 Å². The van der Waals surface area contributed by atoms with E-state index in [1.807, 2.05) is 73.1 Å². The van der Waals surface area contributed by atoms with Crippen LogP contribution in [-0.2, 0) is 0 Å². The third-order valence-electron chi connectivity index (χ3n) is 6.74. The van der Waals surface area contributed by atoms with Crippen molar-refractivity contribution in [3.05, 3.63) is 71.1 Å². The van der Waals surface area contributed by atoms with Crippen molar-refractivity contribution in [2.75, 3.05) is 49.4 Å². The number of aromatic nitrogens is 2. The van der Waals surface area contributed by atoms with Crippen molar-refractivity contribution < 1.29 is 9.47 Å². The Morgan fingerprint density at radius 3 is 2.51 bits per heavy atom. The Morgan fingerprint density at radius 2 is 1.78 bits per heavy atom. The van der Waals surface area contributed by atoms with Gasteiger partial charge in [-0.15, -0.1) is 11.8 Å². The highest BCUT2D eigenvalue weighted by molar-refractivity contribution is 8.15. The molecule has 0 bridgehead atoms. The Morgan fingerprint density at radius 1 is 1.00 bits per heavy atom. The summed E-state index contributed by atoms with van der Waals surface area (Å²) in [5.41, 5.74) is 1.52. The maximum absolute atomic E-state index is 13.5. The van der Waals surface area contributed by atoms with Gasteiger partial charge in [0.05, 0.1) is 30.2 Å². The minimum Gasteiger partial charge on any atom is -0.494 e. The Kier molecular flexibility index (Phi) is 8.32. The number of benzene rings is 2. The number of piperazine rings is 1. The zero-order valence-electron chi connectivity index (χ0n) is 21.5. The van der Waals surface area contributed by atoms with Crippen molar-refractivity contribution in [2.45, 2.75) is 31.6 Å². The number of hydrogen-bond acceptors (Lipinski definition) is 8. The first-order chi connectivity index (χ1) is 18.0. The van der Waals surface area contributed by atoms with Crippen LogP contribution in [0.3, 0.4) is 0 Å². The van der Waals surface area contributed by atoms with Gasteiger partial charge in [-0.3, -0.25) is 4.79 Å². The molecule has 2 aliphatic rings. The Balaban J connectivity index is 1.22. The van der Waals surface area contributed by atoms with Gasteiger partial charge < -0.3 is 14.4 Å². The molecule has 2 heterocycles. The number of ether oxygens (including phenoxy) is 2. The van der Waals surface area contributed by atoms with Gasteiger partial charge in [0.1, 0.15) is 11.4 Å². The number of nitrogens with zero attached hydrogens (tertiary/aromatic N) is 4. The summed E-state index contributed by atoms with van der Waals surface area (Å²) in [4.78, 5) is 17.0. The molecule has 0 atom stereocenters. The minimum atomic E-state index is -0.199. The largest absolute Gasteiger partial charge is 0.494 e. The van der Waals surface area contributed by atoms with E-state index in [1.54, 1.807) is 6.20 Å². The first-order valence-corrected chi connectivity index (χ1v) is 14.8. The molecule has 196 valence electrons. The standard InChI is InChI=1S/C28H34N4O3S2/c1-3-34-23-10-7-11-24(18-23)36-21-37-31-16-14-30(15-17-31)25-19-29-32(22-8-5-4-6-9-22)27(33)26(25)35-20-28(2)12-13-28/h4-11,18-19H,3,12-17,20-21H2,1-2H3. The monoisotopic (exact) mass is 538 g/mol. The van der Waals surface area contributed by atoms with Crippen molar-refractivity contribution in [3.8, 4) is 17.2 Å². The van der Waals surface area contributed by atoms with Crippen LogP contribution >= 0.6 is 23.7 Å². The first-order valence-electron chi connectivity index (χ1n) is 12.8. The van der Waals surface area contributed by atoms with E-state index in [-0.39, 0.29) is 11.0 Å². The predicted molar refractivity (Wildman–Crippen MR) is 152 cm³/mol. The molecule has 1 aliphatic heterocycles. The van der Waals surface area contributed by atoms with E-state index in [9.17, 15) is 4.79 Å². The Labute approximate surface area is 227 Å². The molecule has 0 amide bonds. The maximum atomic E-state index is 13.5. The maximum Gasteiger partial charge on any atom is 0.316 e. The molecule has 0 unspecified atom stereocenters.